The first kappa shape index (κ1) is 14.8. The number of carbonyl (C=O) groups is 1. The molecule has 0 aliphatic heterocycles. The van der Waals surface area contributed by atoms with Gasteiger partial charge in [0.05, 0.1) is 0 Å². The van der Waals surface area contributed by atoms with E-state index < -0.39 is 20.3 Å². The van der Waals surface area contributed by atoms with Gasteiger partial charge in [0, 0.05) is 36.8 Å². The largest absolute Gasteiger partial charge is 0.366 e. The summed E-state index contributed by atoms with van der Waals surface area (Å²) >= 11 is 0. The van der Waals surface area contributed by atoms with Crippen LogP contribution in [0.15, 0.2) is 52.4 Å². The van der Waals surface area contributed by atoms with Crippen LogP contribution in [-0.2, 0) is 10.0 Å². The SMILES string of the molecule is CNC(=O)c1cccc(NS(=O)(=O)c2c[nH]ccc2=O)c1. The highest BCUT2D eigenvalue weighted by molar-refractivity contribution is 7.92. The fraction of sp³-hybridized carbons (Fsp3) is 0.0769. The first-order chi connectivity index (χ1) is 9.94. The number of pyridine rings is 1. The molecule has 0 radical (unpaired) electrons. The number of rotatable bonds is 4. The Kier molecular flexibility index (Phi) is 4.08. The zero-order valence-electron chi connectivity index (χ0n) is 11.1. The Morgan fingerprint density at radius 2 is 2.00 bits per heavy atom. The molecule has 0 unspecified atom stereocenters. The Bertz CT molecular complexity index is 827. The summed E-state index contributed by atoms with van der Waals surface area (Å²) in [6.07, 6.45) is 2.45. The van der Waals surface area contributed by atoms with E-state index >= 15 is 0 Å². The average molecular weight is 307 g/mol. The number of anilines is 1. The zero-order valence-corrected chi connectivity index (χ0v) is 11.9. The number of sulfonamides is 1. The minimum absolute atomic E-state index is 0.194. The van der Waals surface area contributed by atoms with E-state index in [1.165, 1.54) is 31.4 Å². The molecule has 0 fully saturated rings. The number of carbonyl (C=O) groups excluding carboxylic acids is 1. The van der Waals surface area contributed by atoms with E-state index in [0.717, 1.165) is 12.3 Å². The summed E-state index contributed by atoms with van der Waals surface area (Å²) in [6.45, 7) is 0. The number of aromatic nitrogens is 1. The van der Waals surface area contributed by atoms with Gasteiger partial charge in [-0.1, -0.05) is 6.07 Å². The van der Waals surface area contributed by atoms with Crippen molar-refractivity contribution in [3.05, 3.63) is 58.5 Å². The lowest BCUT2D eigenvalue weighted by atomic mass is 10.2. The van der Waals surface area contributed by atoms with E-state index in [0.29, 0.717) is 5.56 Å². The van der Waals surface area contributed by atoms with Crippen molar-refractivity contribution in [3.63, 3.8) is 0 Å². The van der Waals surface area contributed by atoms with Crippen molar-refractivity contribution < 1.29 is 13.2 Å². The Labute approximate surface area is 121 Å². The number of nitrogens with one attached hydrogen (secondary N) is 3. The van der Waals surface area contributed by atoms with Crippen LogP contribution < -0.4 is 15.5 Å². The van der Waals surface area contributed by atoms with Crippen LogP contribution >= 0.6 is 0 Å². The first-order valence-electron chi connectivity index (χ1n) is 5.96. The minimum atomic E-state index is -4.02. The van der Waals surface area contributed by atoms with Gasteiger partial charge in [0.2, 0.25) is 5.43 Å². The summed E-state index contributed by atoms with van der Waals surface area (Å²) in [7, 11) is -2.54. The molecule has 0 saturated carbocycles. The molecule has 0 saturated heterocycles. The number of hydrogen-bond donors (Lipinski definition) is 3. The van der Waals surface area contributed by atoms with Crippen molar-refractivity contribution in [1.82, 2.24) is 10.3 Å². The van der Waals surface area contributed by atoms with Gasteiger partial charge in [0.15, 0.2) is 4.90 Å². The Morgan fingerprint density at radius 3 is 2.67 bits per heavy atom. The average Bonchev–Trinajstić information content (AvgIpc) is 2.46. The number of aromatic amines is 1. The predicted octanol–water partition coefficient (Wildman–Crippen LogP) is 0.535. The third-order valence-electron chi connectivity index (χ3n) is 2.68. The summed E-state index contributed by atoms with van der Waals surface area (Å²) in [5.74, 6) is -0.339. The molecule has 21 heavy (non-hydrogen) atoms. The molecule has 7 nitrogen and oxygen atoms in total. The van der Waals surface area contributed by atoms with Crippen LogP contribution in [0.25, 0.3) is 0 Å². The quantitative estimate of drug-likeness (QED) is 0.766. The Morgan fingerprint density at radius 1 is 1.24 bits per heavy atom. The van der Waals surface area contributed by atoms with Gasteiger partial charge in [-0.3, -0.25) is 14.3 Å². The lowest BCUT2D eigenvalue weighted by Gasteiger charge is -2.08. The molecular formula is C13H13N3O4S. The molecule has 1 aromatic heterocycles. The summed E-state index contributed by atoms with van der Waals surface area (Å²) < 4.78 is 26.5. The molecule has 8 heteroatoms. The van der Waals surface area contributed by atoms with Crippen molar-refractivity contribution in [2.45, 2.75) is 4.90 Å². The number of benzene rings is 1. The van der Waals surface area contributed by atoms with Crippen molar-refractivity contribution in [2.75, 3.05) is 11.8 Å². The molecule has 2 aromatic rings. The molecule has 2 rings (SSSR count). The molecular weight excluding hydrogens is 294 g/mol. The number of amides is 1. The topological polar surface area (TPSA) is 108 Å². The van der Waals surface area contributed by atoms with Crippen molar-refractivity contribution in [3.8, 4) is 0 Å². The van der Waals surface area contributed by atoms with Gasteiger partial charge in [0.1, 0.15) is 0 Å². The highest BCUT2D eigenvalue weighted by Crippen LogP contribution is 2.15. The van der Waals surface area contributed by atoms with E-state index in [1.807, 2.05) is 0 Å². The van der Waals surface area contributed by atoms with Crippen LogP contribution in [0.2, 0.25) is 0 Å². The summed E-state index contributed by atoms with van der Waals surface area (Å²) in [6, 6.07) is 7.08. The van der Waals surface area contributed by atoms with E-state index in [2.05, 4.69) is 15.0 Å². The van der Waals surface area contributed by atoms with E-state index in [9.17, 15) is 18.0 Å². The predicted molar refractivity (Wildman–Crippen MR) is 77.7 cm³/mol. The maximum Gasteiger partial charge on any atom is 0.267 e. The molecule has 0 aliphatic carbocycles. The molecule has 110 valence electrons. The second-order valence-corrected chi connectivity index (χ2v) is 5.79. The van der Waals surface area contributed by atoms with Crippen molar-refractivity contribution >= 4 is 21.6 Å². The monoisotopic (exact) mass is 307 g/mol. The third kappa shape index (κ3) is 3.29. The smallest absolute Gasteiger partial charge is 0.267 e. The molecule has 0 aliphatic rings. The van der Waals surface area contributed by atoms with Gasteiger partial charge in [-0.05, 0) is 18.2 Å². The maximum atomic E-state index is 12.1. The zero-order chi connectivity index (χ0) is 15.5. The number of hydrogen-bond acceptors (Lipinski definition) is 4. The van der Waals surface area contributed by atoms with Crippen molar-refractivity contribution in [1.29, 1.82) is 0 Å². The number of H-pyrrole nitrogens is 1. The highest BCUT2D eigenvalue weighted by atomic mass is 32.2. The van der Waals surface area contributed by atoms with E-state index in [-0.39, 0.29) is 11.6 Å². The van der Waals surface area contributed by atoms with Crippen LogP contribution in [0.3, 0.4) is 0 Å². The molecule has 0 atom stereocenters. The molecule has 0 bridgehead atoms. The van der Waals surface area contributed by atoms with Crippen LogP contribution in [0.4, 0.5) is 5.69 Å². The first-order valence-corrected chi connectivity index (χ1v) is 7.44. The minimum Gasteiger partial charge on any atom is -0.366 e. The fourth-order valence-corrected chi connectivity index (χ4v) is 2.79. The summed E-state index contributed by atoms with van der Waals surface area (Å²) in [4.78, 5) is 25.2. The van der Waals surface area contributed by atoms with Crippen LogP contribution in [0.5, 0.6) is 0 Å². The van der Waals surface area contributed by atoms with Gasteiger partial charge < -0.3 is 10.3 Å². The van der Waals surface area contributed by atoms with Crippen LogP contribution in [0, 0.1) is 0 Å². The molecule has 3 N–H and O–H groups in total. The van der Waals surface area contributed by atoms with Gasteiger partial charge >= 0.3 is 0 Å². The van der Waals surface area contributed by atoms with Gasteiger partial charge in [-0.25, -0.2) is 8.42 Å². The summed E-state index contributed by atoms with van der Waals surface area (Å²) in [5, 5.41) is 2.44. The Hall–Kier alpha value is -2.61. The fourth-order valence-electron chi connectivity index (χ4n) is 1.69. The molecule has 0 spiro atoms. The Balaban J connectivity index is 2.36. The standard InChI is InChI=1S/C13H13N3O4S/c1-14-13(18)9-3-2-4-10(7-9)16-21(19,20)12-8-15-6-5-11(12)17/h2-8,16H,1H3,(H,14,18)(H,15,17). The molecule has 1 amide bonds. The highest BCUT2D eigenvalue weighted by Gasteiger charge is 2.18. The lowest BCUT2D eigenvalue weighted by Crippen LogP contribution is -2.21. The van der Waals surface area contributed by atoms with E-state index in [4.69, 9.17) is 0 Å². The van der Waals surface area contributed by atoms with E-state index in [1.54, 1.807) is 6.07 Å². The maximum absolute atomic E-state index is 12.1. The summed E-state index contributed by atoms with van der Waals surface area (Å²) in [5.41, 5.74) is -0.122. The van der Waals surface area contributed by atoms with Gasteiger partial charge in [-0.2, -0.15) is 0 Å². The molecule has 1 aromatic carbocycles. The van der Waals surface area contributed by atoms with Gasteiger partial charge in [-0.15, -0.1) is 0 Å². The second kappa shape index (κ2) is 5.80. The van der Waals surface area contributed by atoms with Gasteiger partial charge in [0.25, 0.3) is 15.9 Å². The third-order valence-corrected chi connectivity index (χ3v) is 4.08. The lowest BCUT2D eigenvalue weighted by molar-refractivity contribution is 0.0963. The van der Waals surface area contributed by atoms with Crippen LogP contribution in [0.1, 0.15) is 10.4 Å². The van der Waals surface area contributed by atoms with Crippen molar-refractivity contribution in [2.24, 2.45) is 0 Å². The van der Waals surface area contributed by atoms with Crippen LogP contribution in [-0.4, -0.2) is 26.4 Å². The normalized spacial score (nSPS) is 10.9. The second-order valence-electron chi connectivity index (χ2n) is 4.14. The molecule has 1 heterocycles.